The van der Waals surface area contributed by atoms with Crippen molar-refractivity contribution in [3.8, 4) is 0 Å². The number of carbonyl (C=O) groups excluding carboxylic acids is 1. The van der Waals surface area contributed by atoms with Crippen LogP contribution in [0.2, 0.25) is 0 Å². The van der Waals surface area contributed by atoms with Gasteiger partial charge in [0.05, 0.1) is 0 Å². The largest absolute Gasteiger partial charge is 0.352 e. The minimum Gasteiger partial charge on any atom is -0.352 e. The number of H-pyrrole nitrogens is 2. The number of carbonyl (C=O) groups is 1. The predicted octanol–water partition coefficient (Wildman–Crippen LogP) is 2.75. The van der Waals surface area contributed by atoms with Crippen molar-refractivity contribution in [3.05, 3.63) is 66.5 Å². The summed E-state index contributed by atoms with van der Waals surface area (Å²) in [5, 5.41) is 5.98. The van der Waals surface area contributed by atoms with Gasteiger partial charge in [-0.05, 0) is 51.0 Å². The minimum atomic E-state index is -0.124. The van der Waals surface area contributed by atoms with Gasteiger partial charge in [0, 0.05) is 47.6 Å². The highest BCUT2D eigenvalue weighted by atomic mass is 16.2. The molecule has 2 rings (SSSR count). The smallest absolute Gasteiger partial charge is 0.253 e. The maximum atomic E-state index is 11.6. The molecule has 0 saturated carbocycles. The molecule has 0 aromatic carbocycles. The maximum Gasteiger partial charge on any atom is 0.253 e. The number of amides is 1. The number of pyridine rings is 2. The molecule has 30 heavy (non-hydrogen) atoms. The first-order valence-corrected chi connectivity index (χ1v) is 10.3. The molecule has 2 heterocycles. The summed E-state index contributed by atoms with van der Waals surface area (Å²) in [7, 11) is 0. The Kier molecular flexibility index (Phi) is 9.72. The number of aryl methyl sites for hydroxylation is 4. The topological polar surface area (TPSA) is 107 Å². The normalized spacial score (nSPS) is 10.7. The standard InChI is InChI=1S/C12H18N2O2.C11H18N2O/c1-7(2)11(15)13-6-10-8(3)5-9(4)14-12(10)16;1-7(2)12-6-10-8(3)5-9(4)13-11(10)14/h5,7H,6H2,1-4H3,(H,13,15)(H,14,16);5,7,12H,6H2,1-4H3,(H,13,14). The molecule has 2 aromatic heterocycles. The van der Waals surface area contributed by atoms with Gasteiger partial charge < -0.3 is 20.6 Å². The van der Waals surface area contributed by atoms with Crippen LogP contribution in [0.3, 0.4) is 0 Å². The van der Waals surface area contributed by atoms with Crippen molar-refractivity contribution in [2.75, 3.05) is 0 Å². The van der Waals surface area contributed by atoms with Crippen molar-refractivity contribution in [2.45, 2.75) is 74.5 Å². The Bertz CT molecular complexity index is 971. The number of hydrogen-bond donors (Lipinski definition) is 4. The van der Waals surface area contributed by atoms with E-state index in [1.807, 2.05) is 53.7 Å². The molecule has 0 atom stereocenters. The Balaban J connectivity index is 0.000000303. The zero-order valence-corrected chi connectivity index (χ0v) is 19.4. The van der Waals surface area contributed by atoms with E-state index < -0.39 is 0 Å². The lowest BCUT2D eigenvalue weighted by molar-refractivity contribution is -0.124. The van der Waals surface area contributed by atoms with E-state index in [1.165, 1.54) is 0 Å². The van der Waals surface area contributed by atoms with Gasteiger partial charge in [0.2, 0.25) is 5.91 Å². The molecule has 0 aliphatic heterocycles. The van der Waals surface area contributed by atoms with Crippen LogP contribution in [0.1, 0.15) is 61.3 Å². The summed E-state index contributed by atoms with van der Waals surface area (Å²) in [6.07, 6.45) is 0. The van der Waals surface area contributed by atoms with Crippen LogP contribution in [0.4, 0.5) is 0 Å². The van der Waals surface area contributed by atoms with Crippen LogP contribution in [-0.2, 0) is 17.9 Å². The van der Waals surface area contributed by atoms with Crippen molar-refractivity contribution in [1.29, 1.82) is 0 Å². The molecule has 0 unspecified atom stereocenters. The Labute approximate surface area is 178 Å². The van der Waals surface area contributed by atoms with Crippen LogP contribution >= 0.6 is 0 Å². The highest BCUT2D eigenvalue weighted by Crippen LogP contribution is 2.04. The number of aromatic nitrogens is 2. The molecule has 7 heteroatoms. The van der Waals surface area contributed by atoms with Crippen LogP contribution in [0.15, 0.2) is 21.7 Å². The average molecular weight is 417 g/mol. The zero-order valence-electron chi connectivity index (χ0n) is 19.4. The monoisotopic (exact) mass is 416 g/mol. The van der Waals surface area contributed by atoms with Gasteiger partial charge in [0.25, 0.3) is 11.1 Å². The fourth-order valence-corrected chi connectivity index (χ4v) is 2.89. The number of hydrogen-bond acceptors (Lipinski definition) is 4. The van der Waals surface area contributed by atoms with Gasteiger partial charge in [0.1, 0.15) is 0 Å². The van der Waals surface area contributed by atoms with Crippen molar-refractivity contribution < 1.29 is 4.79 Å². The Morgan fingerprint density at radius 1 is 0.833 bits per heavy atom. The molecular weight excluding hydrogens is 380 g/mol. The van der Waals surface area contributed by atoms with Gasteiger partial charge in [-0.15, -0.1) is 0 Å². The molecule has 2 aromatic rings. The summed E-state index contributed by atoms with van der Waals surface area (Å²) >= 11 is 0. The minimum absolute atomic E-state index is 0.0238. The van der Waals surface area contributed by atoms with Crippen molar-refractivity contribution in [2.24, 2.45) is 5.92 Å². The highest BCUT2D eigenvalue weighted by Gasteiger charge is 2.09. The van der Waals surface area contributed by atoms with E-state index in [9.17, 15) is 14.4 Å². The number of nitrogens with one attached hydrogen (secondary N) is 4. The van der Waals surface area contributed by atoms with E-state index in [1.54, 1.807) is 0 Å². The Morgan fingerprint density at radius 3 is 1.63 bits per heavy atom. The molecule has 0 saturated heterocycles. The summed E-state index contributed by atoms with van der Waals surface area (Å²) in [5.74, 6) is -0.107. The first-order chi connectivity index (χ1) is 13.9. The fraction of sp³-hybridized carbons (Fsp3) is 0.522. The van der Waals surface area contributed by atoms with Gasteiger partial charge in [-0.2, -0.15) is 0 Å². The van der Waals surface area contributed by atoms with Crippen molar-refractivity contribution >= 4 is 5.91 Å². The molecular formula is C23H36N4O3. The van der Waals surface area contributed by atoms with Gasteiger partial charge in [-0.3, -0.25) is 14.4 Å². The SMILES string of the molecule is Cc1cc(C)c(CNC(=O)C(C)C)c(=O)[nH]1.Cc1cc(C)c(CNC(C)C)c(=O)[nH]1. The summed E-state index contributed by atoms with van der Waals surface area (Å²) in [4.78, 5) is 40.1. The molecule has 0 bridgehead atoms. The van der Waals surface area contributed by atoms with E-state index in [0.717, 1.165) is 28.1 Å². The highest BCUT2D eigenvalue weighted by molar-refractivity contribution is 5.77. The molecule has 0 fully saturated rings. The van der Waals surface area contributed by atoms with Crippen LogP contribution in [-0.4, -0.2) is 21.9 Å². The van der Waals surface area contributed by atoms with E-state index in [2.05, 4.69) is 34.4 Å². The quantitative estimate of drug-likeness (QED) is 0.581. The molecule has 4 N–H and O–H groups in total. The molecule has 0 aliphatic carbocycles. The van der Waals surface area contributed by atoms with Gasteiger partial charge in [-0.1, -0.05) is 27.7 Å². The van der Waals surface area contributed by atoms with Crippen molar-refractivity contribution in [1.82, 2.24) is 20.6 Å². The van der Waals surface area contributed by atoms with Crippen LogP contribution in [0.5, 0.6) is 0 Å². The molecule has 0 spiro atoms. The second-order valence-corrected chi connectivity index (χ2v) is 8.29. The summed E-state index contributed by atoms with van der Waals surface area (Å²) in [5.41, 5.74) is 5.08. The van der Waals surface area contributed by atoms with Gasteiger partial charge in [-0.25, -0.2) is 0 Å². The molecule has 0 aliphatic rings. The van der Waals surface area contributed by atoms with Crippen molar-refractivity contribution in [3.63, 3.8) is 0 Å². The second-order valence-electron chi connectivity index (χ2n) is 8.29. The lowest BCUT2D eigenvalue weighted by atomic mass is 10.1. The summed E-state index contributed by atoms with van der Waals surface area (Å²) in [6.45, 7) is 16.3. The fourth-order valence-electron chi connectivity index (χ4n) is 2.89. The maximum absolute atomic E-state index is 11.6. The second kappa shape index (κ2) is 11.5. The lowest BCUT2D eigenvalue weighted by Crippen LogP contribution is -2.30. The zero-order chi connectivity index (χ0) is 23.0. The third kappa shape index (κ3) is 7.99. The average Bonchev–Trinajstić information content (AvgIpc) is 2.59. The van der Waals surface area contributed by atoms with E-state index in [-0.39, 0.29) is 22.9 Å². The third-order valence-electron chi connectivity index (χ3n) is 4.64. The van der Waals surface area contributed by atoms with Gasteiger partial charge in [0.15, 0.2) is 0 Å². The van der Waals surface area contributed by atoms with Crippen LogP contribution < -0.4 is 21.8 Å². The molecule has 166 valence electrons. The van der Waals surface area contributed by atoms with Crippen LogP contribution in [0, 0.1) is 33.6 Å². The first kappa shape index (κ1) is 25.4. The van der Waals surface area contributed by atoms with E-state index >= 15 is 0 Å². The predicted molar refractivity (Wildman–Crippen MR) is 122 cm³/mol. The molecule has 7 nitrogen and oxygen atoms in total. The lowest BCUT2D eigenvalue weighted by Gasteiger charge is -2.09. The number of aromatic amines is 2. The summed E-state index contributed by atoms with van der Waals surface area (Å²) < 4.78 is 0. The molecule has 0 radical (unpaired) electrons. The first-order valence-electron chi connectivity index (χ1n) is 10.3. The van der Waals surface area contributed by atoms with Crippen LogP contribution in [0.25, 0.3) is 0 Å². The number of rotatable bonds is 6. The van der Waals surface area contributed by atoms with Gasteiger partial charge >= 0.3 is 0 Å². The third-order valence-corrected chi connectivity index (χ3v) is 4.64. The molecule has 1 amide bonds. The Morgan fingerprint density at radius 2 is 1.27 bits per heavy atom. The summed E-state index contributed by atoms with van der Waals surface area (Å²) in [6, 6.07) is 4.30. The van der Waals surface area contributed by atoms with E-state index in [0.29, 0.717) is 24.7 Å². The van der Waals surface area contributed by atoms with E-state index in [4.69, 9.17) is 0 Å². The Hall–Kier alpha value is -2.67.